The van der Waals surface area contributed by atoms with Gasteiger partial charge in [-0.1, -0.05) is 35.3 Å². The number of fused-ring (bicyclic) bond motifs is 1. The highest BCUT2D eigenvalue weighted by molar-refractivity contribution is 6.42. The number of nitrogens with zero attached hydrogens (tertiary/aromatic N) is 1. The van der Waals surface area contributed by atoms with Crippen molar-refractivity contribution in [3.05, 3.63) is 58.2 Å². The number of halogens is 8. The Balaban J connectivity index is 2.19. The summed E-state index contributed by atoms with van der Waals surface area (Å²) < 4.78 is 81.4. The van der Waals surface area contributed by atoms with Gasteiger partial charge in [-0.15, -0.1) is 13.2 Å². The van der Waals surface area contributed by atoms with E-state index in [9.17, 15) is 26.3 Å². The highest BCUT2D eigenvalue weighted by Gasteiger charge is 2.35. The van der Waals surface area contributed by atoms with Crippen molar-refractivity contribution in [2.75, 3.05) is 5.32 Å². The molecule has 1 aromatic heterocycles. The van der Waals surface area contributed by atoms with Crippen LogP contribution in [0.3, 0.4) is 0 Å². The molecular formula is C17H8Cl2F6N2O. The Labute approximate surface area is 163 Å². The van der Waals surface area contributed by atoms with Crippen molar-refractivity contribution in [3.8, 4) is 5.75 Å². The Morgan fingerprint density at radius 1 is 0.893 bits per heavy atom. The minimum atomic E-state index is -5.10. The Hall–Kier alpha value is -2.39. The molecule has 0 atom stereocenters. The first-order valence-corrected chi connectivity index (χ1v) is 8.18. The molecule has 0 radical (unpaired) electrons. The summed E-state index contributed by atoms with van der Waals surface area (Å²) in [6.07, 6.45) is -9.99. The van der Waals surface area contributed by atoms with Crippen LogP contribution in [-0.4, -0.2) is 11.3 Å². The van der Waals surface area contributed by atoms with Gasteiger partial charge < -0.3 is 10.1 Å². The summed E-state index contributed by atoms with van der Waals surface area (Å²) in [7, 11) is 0. The predicted molar refractivity (Wildman–Crippen MR) is 93.2 cm³/mol. The van der Waals surface area contributed by atoms with E-state index in [2.05, 4.69) is 15.0 Å². The second-order valence-electron chi connectivity index (χ2n) is 5.51. The molecule has 1 heterocycles. The zero-order valence-electron chi connectivity index (χ0n) is 13.4. The van der Waals surface area contributed by atoms with Crippen molar-refractivity contribution in [2.45, 2.75) is 12.5 Å². The molecule has 3 aromatic rings. The molecule has 0 bridgehead atoms. The standard InChI is InChI=1S/C17H8Cl2F6N2O/c18-10-5-4-8(6-11(10)19)26-12-7-14(16(20,21)22)27-15-9(12)2-1-3-13(15)28-17(23,24)25/h1-7H,(H,26,27). The van der Waals surface area contributed by atoms with Gasteiger partial charge in [0.05, 0.1) is 15.7 Å². The van der Waals surface area contributed by atoms with Gasteiger partial charge in [0.1, 0.15) is 11.2 Å². The number of para-hydroxylation sites is 1. The van der Waals surface area contributed by atoms with Crippen LogP contribution in [0.15, 0.2) is 42.5 Å². The van der Waals surface area contributed by atoms with Gasteiger partial charge in [-0.05, 0) is 30.3 Å². The number of aromatic nitrogens is 1. The number of anilines is 2. The molecule has 0 saturated heterocycles. The van der Waals surface area contributed by atoms with E-state index in [1.807, 2.05) is 0 Å². The molecule has 3 nitrogen and oxygen atoms in total. The van der Waals surface area contributed by atoms with Gasteiger partial charge in [0.15, 0.2) is 5.75 Å². The number of hydrogen-bond acceptors (Lipinski definition) is 3. The average molecular weight is 441 g/mol. The lowest BCUT2D eigenvalue weighted by Gasteiger charge is -2.16. The smallest absolute Gasteiger partial charge is 0.403 e. The van der Waals surface area contributed by atoms with Gasteiger partial charge >= 0.3 is 12.5 Å². The number of nitrogens with one attached hydrogen (secondary N) is 1. The number of benzene rings is 2. The van der Waals surface area contributed by atoms with Crippen molar-refractivity contribution < 1.29 is 31.1 Å². The van der Waals surface area contributed by atoms with E-state index in [0.717, 1.165) is 6.07 Å². The molecule has 11 heteroatoms. The predicted octanol–water partition coefficient (Wildman–Crippen LogP) is 7.20. The van der Waals surface area contributed by atoms with E-state index in [0.29, 0.717) is 6.07 Å². The summed E-state index contributed by atoms with van der Waals surface area (Å²) in [5, 5.41) is 3.05. The Bertz CT molecular complexity index is 1040. The van der Waals surface area contributed by atoms with Crippen molar-refractivity contribution in [1.82, 2.24) is 4.98 Å². The van der Waals surface area contributed by atoms with Crippen LogP contribution in [0.4, 0.5) is 37.7 Å². The van der Waals surface area contributed by atoms with E-state index >= 15 is 0 Å². The summed E-state index contributed by atoms with van der Waals surface area (Å²) in [5.41, 5.74) is -1.85. The van der Waals surface area contributed by atoms with E-state index in [4.69, 9.17) is 23.2 Å². The highest BCUT2D eigenvalue weighted by Crippen LogP contribution is 2.39. The quantitative estimate of drug-likeness (QED) is 0.437. The van der Waals surface area contributed by atoms with Crippen LogP contribution < -0.4 is 10.1 Å². The Morgan fingerprint density at radius 2 is 1.61 bits per heavy atom. The fourth-order valence-corrected chi connectivity index (χ4v) is 2.71. The zero-order valence-corrected chi connectivity index (χ0v) is 14.9. The third-order valence-corrected chi connectivity index (χ3v) is 4.26. The lowest BCUT2D eigenvalue weighted by Crippen LogP contribution is -2.18. The summed E-state index contributed by atoms with van der Waals surface area (Å²) >= 11 is 11.7. The van der Waals surface area contributed by atoms with Crippen LogP contribution in [0.25, 0.3) is 10.9 Å². The van der Waals surface area contributed by atoms with E-state index in [1.165, 1.54) is 30.3 Å². The van der Waals surface area contributed by atoms with Gasteiger partial charge in [-0.3, -0.25) is 0 Å². The molecule has 28 heavy (non-hydrogen) atoms. The highest BCUT2D eigenvalue weighted by atomic mass is 35.5. The molecule has 0 spiro atoms. The molecule has 0 amide bonds. The van der Waals surface area contributed by atoms with Crippen molar-refractivity contribution in [2.24, 2.45) is 0 Å². The van der Waals surface area contributed by atoms with E-state index in [1.54, 1.807) is 0 Å². The van der Waals surface area contributed by atoms with Gasteiger partial charge in [0, 0.05) is 11.1 Å². The molecule has 148 valence electrons. The van der Waals surface area contributed by atoms with Gasteiger partial charge in [-0.2, -0.15) is 13.2 Å². The van der Waals surface area contributed by atoms with Crippen LogP contribution in [0.5, 0.6) is 5.75 Å². The minimum absolute atomic E-state index is 0.0131. The molecule has 0 aliphatic rings. The van der Waals surface area contributed by atoms with Crippen molar-refractivity contribution in [1.29, 1.82) is 0 Å². The van der Waals surface area contributed by atoms with E-state index in [-0.39, 0.29) is 26.8 Å². The molecule has 0 saturated carbocycles. The van der Waals surface area contributed by atoms with Gasteiger partial charge in [0.25, 0.3) is 0 Å². The number of pyridine rings is 1. The maximum atomic E-state index is 13.2. The summed E-state index contributed by atoms with van der Waals surface area (Å²) in [5.74, 6) is -0.853. The summed E-state index contributed by atoms with van der Waals surface area (Å²) in [6.45, 7) is 0. The lowest BCUT2D eigenvalue weighted by atomic mass is 10.1. The second kappa shape index (κ2) is 7.21. The zero-order chi connectivity index (χ0) is 20.7. The number of rotatable bonds is 3. The van der Waals surface area contributed by atoms with Crippen molar-refractivity contribution >= 4 is 45.5 Å². The maximum absolute atomic E-state index is 13.2. The van der Waals surface area contributed by atoms with Crippen molar-refractivity contribution in [3.63, 3.8) is 0 Å². The molecule has 2 aromatic carbocycles. The van der Waals surface area contributed by atoms with Gasteiger partial charge in [-0.25, -0.2) is 4.98 Å². The van der Waals surface area contributed by atoms with Crippen LogP contribution in [0, 0.1) is 0 Å². The molecule has 3 rings (SSSR count). The largest absolute Gasteiger partial charge is 0.573 e. The molecule has 0 aliphatic carbocycles. The minimum Gasteiger partial charge on any atom is -0.403 e. The second-order valence-corrected chi connectivity index (χ2v) is 6.32. The first-order chi connectivity index (χ1) is 12.9. The molecule has 1 N–H and O–H groups in total. The van der Waals surface area contributed by atoms with Crippen LogP contribution >= 0.6 is 23.2 Å². The van der Waals surface area contributed by atoms with Gasteiger partial charge in [0.2, 0.25) is 0 Å². The topological polar surface area (TPSA) is 34.1 Å². The fourth-order valence-electron chi connectivity index (χ4n) is 2.41. The molecular weight excluding hydrogens is 433 g/mol. The number of ether oxygens (including phenoxy) is 1. The third kappa shape index (κ3) is 4.53. The average Bonchev–Trinajstić information content (AvgIpc) is 2.56. The Morgan fingerprint density at radius 3 is 2.21 bits per heavy atom. The number of alkyl halides is 6. The molecule has 0 unspecified atom stereocenters. The van der Waals surface area contributed by atoms with E-state index < -0.39 is 29.5 Å². The summed E-state index contributed by atoms with van der Waals surface area (Å²) in [4.78, 5) is 3.33. The third-order valence-electron chi connectivity index (χ3n) is 3.52. The van der Waals surface area contributed by atoms with Crippen LogP contribution in [0.1, 0.15) is 5.69 Å². The SMILES string of the molecule is FC(F)(F)Oc1cccc2c(Nc3ccc(Cl)c(Cl)c3)cc(C(F)(F)F)nc12. The normalized spacial score (nSPS) is 12.3. The molecule has 0 fully saturated rings. The Kier molecular flexibility index (Phi) is 5.24. The number of hydrogen-bond donors (Lipinski definition) is 1. The lowest BCUT2D eigenvalue weighted by molar-refractivity contribution is -0.274. The fraction of sp³-hybridized carbons (Fsp3) is 0.118. The maximum Gasteiger partial charge on any atom is 0.573 e. The monoisotopic (exact) mass is 440 g/mol. The molecule has 0 aliphatic heterocycles. The first-order valence-electron chi connectivity index (χ1n) is 7.43. The first kappa shape index (κ1) is 20.3. The van der Waals surface area contributed by atoms with Crippen LogP contribution in [0.2, 0.25) is 10.0 Å². The van der Waals surface area contributed by atoms with Crippen LogP contribution in [-0.2, 0) is 6.18 Å². The summed E-state index contributed by atoms with van der Waals surface area (Å²) in [6, 6.07) is 8.31.